The molecule has 0 spiro atoms. The van der Waals surface area contributed by atoms with Gasteiger partial charge in [0.15, 0.2) is 0 Å². The molecule has 1 aromatic heterocycles. The highest BCUT2D eigenvalue weighted by Crippen LogP contribution is 1.90. The van der Waals surface area contributed by atoms with E-state index in [0.717, 1.165) is 5.69 Å². The van der Waals surface area contributed by atoms with E-state index >= 15 is 0 Å². The minimum absolute atomic E-state index is 0.337. The number of H-pyrrole nitrogens is 1. The first-order valence-corrected chi connectivity index (χ1v) is 2.44. The Balaban J connectivity index is 2.57. The fourth-order valence-electron chi connectivity index (χ4n) is 0.489. The number of aliphatic imine (C=N–C) groups is 1. The second kappa shape index (κ2) is 2.79. The lowest BCUT2D eigenvalue weighted by Crippen LogP contribution is -1.77. The van der Waals surface area contributed by atoms with Crippen LogP contribution in [0.25, 0.3) is 0 Å². The lowest BCUT2D eigenvalue weighted by Gasteiger charge is -1.80. The first kappa shape index (κ1) is 5.72. The van der Waals surface area contributed by atoms with Crippen molar-refractivity contribution in [3.63, 3.8) is 0 Å². The highest BCUT2D eigenvalue weighted by atomic mass is 16.1. The van der Waals surface area contributed by atoms with E-state index in [-0.39, 0.29) is 0 Å². The van der Waals surface area contributed by atoms with Gasteiger partial charge in [0, 0.05) is 6.20 Å². The molecular formula is C5H5N3O. The van der Waals surface area contributed by atoms with Gasteiger partial charge in [-0.05, 0) is 0 Å². The van der Waals surface area contributed by atoms with Crippen LogP contribution < -0.4 is 0 Å². The van der Waals surface area contributed by atoms with E-state index in [0.29, 0.717) is 6.54 Å². The molecule has 0 aliphatic carbocycles. The predicted octanol–water partition coefficient (Wildman–Crippen LogP) is 0.245. The molecule has 0 atom stereocenters. The van der Waals surface area contributed by atoms with E-state index in [1.54, 1.807) is 6.20 Å². The van der Waals surface area contributed by atoms with E-state index in [1.165, 1.54) is 12.4 Å². The number of isocyanates is 1. The number of nitrogens with zero attached hydrogens (tertiary/aromatic N) is 2. The predicted molar refractivity (Wildman–Crippen MR) is 30.4 cm³/mol. The van der Waals surface area contributed by atoms with Gasteiger partial charge in [0.2, 0.25) is 6.08 Å². The molecule has 46 valence electrons. The summed E-state index contributed by atoms with van der Waals surface area (Å²) in [5.74, 6) is 0. The van der Waals surface area contributed by atoms with Gasteiger partial charge in [-0.3, -0.25) is 0 Å². The Morgan fingerprint density at radius 2 is 2.78 bits per heavy atom. The van der Waals surface area contributed by atoms with Gasteiger partial charge in [0.1, 0.15) is 0 Å². The van der Waals surface area contributed by atoms with Crippen LogP contribution in [0.3, 0.4) is 0 Å². The summed E-state index contributed by atoms with van der Waals surface area (Å²) in [5.41, 5.74) is 0.818. The van der Waals surface area contributed by atoms with Crippen LogP contribution in [0.15, 0.2) is 17.5 Å². The first-order valence-electron chi connectivity index (χ1n) is 2.44. The molecule has 0 bridgehead atoms. The zero-order valence-corrected chi connectivity index (χ0v) is 4.66. The van der Waals surface area contributed by atoms with Crippen molar-refractivity contribution in [3.05, 3.63) is 18.2 Å². The summed E-state index contributed by atoms with van der Waals surface area (Å²) in [6, 6.07) is 0. The van der Waals surface area contributed by atoms with Gasteiger partial charge in [-0.15, -0.1) is 0 Å². The Kier molecular flexibility index (Phi) is 1.77. The highest BCUT2D eigenvalue weighted by Gasteiger charge is 1.87. The first-order chi connectivity index (χ1) is 4.43. The molecular weight excluding hydrogens is 118 g/mol. The van der Waals surface area contributed by atoms with Crippen molar-refractivity contribution in [2.24, 2.45) is 4.99 Å². The van der Waals surface area contributed by atoms with Crippen molar-refractivity contribution in [3.8, 4) is 0 Å². The number of rotatable bonds is 2. The maximum Gasteiger partial charge on any atom is 0.235 e. The van der Waals surface area contributed by atoms with Crippen molar-refractivity contribution in [1.82, 2.24) is 9.97 Å². The van der Waals surface area contributed by atoms with Crippen molar-refractivity contribution < 1.29 is 4.79 Å². The molecule has 0 saturated carbocycles. The summed E-state index contributed by atoms with van der Waals surface area (Å²) >= 11 is 0. The fraction of sp³-hybridized carbons (Fsp3) is 0.200. The highest BCUT2D eigenvalue weighted by molar-refractivity contribution is 5.33. The van der Waals surface area contributed by atoms with Crippen LogP contribution >= 0.6 is 0 Å². The summed E-state index contributed by atoms with van der Waals surface area (Å²) in [7, 11) is 0. The van der Waals surface area contributed by atoms with Crippen molar-refractivity contribution in [2.75, 3.05) is 0 Å². The average Bonchev–Trinajstić information content (AvgIpc) is 2.34. The molecule has 4 heteroatoms. The number of aromatic amines is 1. The molecule has 0 aliphatic heterocycles. The molecule has 0 aromatic carbocycles. The monoisotopic (exact) mass is 123 g/mol. The van der Waals surface area contributed by atoms with Crippen molar-refractivity contribution >= 4 is 6.08 Å². The molecule has 1 heterocycles. The minimum Gasteiger partial charge on any atom is -0.347 e. The standard InChI is InChI=1S/C5H5N3O/c9-4-7-2-5-1-6-3-8-5/h1,3H,2H2,(H,6,8). The number of hydrogen-bond donors (Lipinski definition) is 1. The van der Waals surface area contributed by atoms with Crippen LogP contribution in [0.2, 0.25) is 0 Å². The van der Waals surface area contributed by atoms with Crippen LogP contribution in [0.5, 0.6) is 0 Å². The molecule has 1 rings (SSSR count). The molecule has 0 aliphatic rings. The summed E-state index contributed by atoms with van der Waals surface area (Å²) in [6.45, 7) is 0.337. The van der Waals surface area contributed by atoms with Crippen LogP contribution in [-0.2, 0) is 11.3 Å². The SMILES string of the molecule is O=C=NCc1cnc[nH]1. The molecule has 0 amide bonds. The van der Waals surface area contributed by atoms with Gasteiger partial charge in [0.25, 0.3) is 0 Å². The average molecular weight is 123 g/mol. The fourth-order valence-corrected chi connectivity index (χ4v) is 0.489. The zero-order chi connectivity index (χ0) is 6.53. The summed E-state index contributed by atoms with van der Waals surface area (Å²) < 4.78 is 0. The topological polar surface area (TPSA) is 58.1 Å². The zero-order valence-electron chi connectivity index (χ0n) is 4.66. The molecule has 9 heavy (non-hydrogen) atoms. The number of hydrogen-bond acceptors (Lipinski definition) is 3. The number of nitrogens with one attached hydrogen (secondary N) is 1. The van der Waals surface area contributed by atoms with Crippen LogP contribution in [0.4, 0.5) is 0 Å². The van der Waals surface area contributed by atoms with E-state index in [9.17, 15) is 4.79 Å². The van der Waals surface area contributed by atoms with Gasteiger partial charge in [-0.2, -0.15) is 4.99 Å². The second-order valence-corrected chi connectivity index (χ2v) is 1.48. The second-order valence-electron chi connectivity index (χ2n) is 1.48. The van der Waals surface area contributed by atoms with E-state index in [2.05, 4.69) is 15.0 Å². The maximum atomic E-state index is 9.57. The van der Waals surface area contributed by atoms with Gasteiger partial charge >= 0.3 is 0 Å². The summed E-state index contributed by atoms with van der Waals surface area (Å²) in [6.07, 6.45) is 4.58. The van der Waals surface area contributed by atoms with Crippen LogP contribution in [0.1, 0.15) is 5.69 Å². The van der Waals surface area contributed by atoms with Gasteiger partial charge in [-0.25, -0.2) is 9.78 Å². The molecule has 4 nitrogen and oxygen atoms in total. The smallest absolute Gasteiger partial charge is 0.235 e. The van der Waals surface area contributed by atoms with Gasteiger partial charge in [0.05, 0.1) is 18.6 Å². The Hall–Kier alpha value is -1.41. The van der Waals surface area contributed by atoms with Crippen molar-refractivity contribution in [2.45, 2.75) is 6.54 Å². The number of imidazole rings is 1. The van der Waals surface area contributed by atoms with Crippen LogP contribution in [-0.4, -0.2) is 16.0 Å². The lowest BCUT2D eigenvalue weighted by molar-refractivity contribution is 0.562. The van der Waals surface area contributed by atoms with E-state index in [1.807, 2.05) is 0 Å². The molecule has 0 radical (unpaired) electrons. The molecule has 1 N–H and O–H groups in total. The maximum absolute atomic E-state index is 9.57. The van der Waals surface area contributed by atoms with Crippen LogP contribution in [0, 0.1) is 0 Å². The minimum atomic E-state index is 0.337. The van der Waals surface area contributed by atoms with E-state index in [4.69, 9.17) is 0 Å². The van der Waals surface area contributed by atoms with Gasteiger partial charge in [-0.1, -0.05) is 0 Å². The molecule has 0 unspecified atom stereocenters. The third kappa shape index (κ3) is 1.51. The van der Waals surface area contributed by atoms with Gasteiger partial charge < -0.3 is 4.98 Å². The quantitative estimate of drug-likeness (QED) is 0.452. The van der Waals surface area contributed by atoms with E-state index < -0.39 is 0 Å². The van der Waals surface area contributed by atoms with Crippen molar-refractivity contribution in [1.29, 1.82) is 0 Å². The lowest BCUT2D eigenvalue weighted by atomic mass is 10.5. The Bertz CT molecular complexity index is 210. The normalized spacial score (nSPS) is 8.44. The summed E-state index contributed by atoms with van der Waals surface area (Å²) in [4.78, 5) is 19.4. The Labute approximate surface area is 51.6 Å². The molecule has 0 saturated heterocycles. The third-order valence-electron chi connectivity index (χ3n) is 0.869. The Morgan fingerprint density at radius 1 is 1.89 bits per heavy atom. The molecule has 0 fully saturated rings. The summed E-state index contributed by atoms with van der Waals surface area (Å²) in [5, 5.41) is 0. The molecule has 1 aromatic rings. The Morgan fingerprint density at radius 3 is 3.33 bits per heavy atom. The largest absolute Gasteiger partial charge is 0.347 e. The number of aromatic nitrogens is 2. The number of carbonyl (C=O) groups excluding carboxylic acids is 1. The third-order valence-corrected chi connectivity index (χ3v) is 0.869.